The van der Waals surface area contributed by atoms with Crippen LogP contribution in [0, 0.1) is 0 Å². The molecule has 1 aromatic carbocycles. The molecular weight excluding hydrogens is 248 g/mol. The Morgan fingerprint density at radius 3 is 2.57 bits per heavy atom. The number of aliphatic hydroxyl groups excluding tert-OH is 1. The third-order valence-electron chi connectivity index (χ3n) is 1.99. The van der Waals surface area contributed by atoms with Crippen molar-refractivity contribution < 1.29 is 9.52 Å². The molecule has 0 unspecified atom stereocenters. The van der Waals surface area contributed by atoms with Gasteiger partial charge in [-0.3, -0.25) is 0 Å². The Labute approximate surface area is 88.1 Å². The molecule has 3 nitrogen and oxygen atoms in total. The van der Waals surface area contributed by atoms with E-state index in [1.165, 1.54) is 0 Å². The Morgan fingerprint density at radius 1 is 1.29 bits per heavy atom. The fourth-order valence-electron chi connectivity index (χ4n) is 1.32. The third-order valence-corrected chi connectivity index (χ3v) is 2.86. The molecule has 1 N–H and O–H groups in total. The second-order valence-electron chi connectivity index (χ2n) is 2.83. The highest BCUT2D eigenvalue weighted by molar-refractivity contribution is 9.10. The van der Waals surface area contributed by atoms with Crippen LogP contribution in [0.5, 0.6) is 0 Å². The van der Waals surface area contributed by atoms with E-state index in [2.05, 4.69) is 15.9 Å². The van der Waals surface area contributed by atoms with Crippen molar-refractivity contribution in [2.24, 2.45) is 0 Å². The Balaban J connectivity index is 2.95. The lowest BCUT2D eigenvalue weighted by Gasteiger charge is -2.02. The van der Waals surface area contributed by atoms with E-state index in [9.17, 15) is 4.79 Å². The smallest absolute Gasteiger partial charge is 0.343 e. The maximum atomic E-state index is 11.4. The number of fused-ring (bicyclic) bond motifs is 1. The Morgan fingerprint density at radius 2 is 1.93 bits per heavy atom. The molecule has 0 amide bonds. The van der Waals surface area contributed by atoms with Gasteiger partial charge >= 0.3 is 5.63 Å². The van der Waals surface area contributed by atoms with Crippen molar-refractivity contribution in [2.75, 3.05) is 0 Å². The van der Waals surface area contributed by atoms with Crippen LogP contribution in [0.1, 0.15) is 5.76 Å². The first-order chi connectivity index (χ1) is 6.74. The molecule has 0 saturated carbocycles. The van der Waals surface area contributed by atoms with Gasteiger partial charge in [0.15, 0.2) is 0 Å². The molecule has 0 spiro atoms. The summed E-state index contributed by atoms with van der Waals surface area (Å²) in [5, 5.41) is 10.2. The van der Waals surface area contributed by atoms with Crippen LogP contribution >= 0.6 is 15.9 Å². The topological polar surface area (TPSA) is 50.4 Å². The van der Waals surface area contributed by atoms with Gasteiger partial charge in [-0.1, -0.05) is 18.2 Å². The number of halogens is 1. The van der Waals surface area contributed by atoms with Crippen LogP contribution in [0.2, 0.25) is 0 Å². The van der Waals surface area contributed by atoms with Gasteiger partial charge in [0, 0.05) is 5.39 Å². The Bertz CT molecular complexity index is 530. The minimum atomic E-state index is -0.423. The van der Waals surface area contributed by atoms with Gasteiger partial charge in [0.05, 0.1) is 9.86 Å². The fraction of sp³-hybridized carbons (Fsp3) is 0.100. The van der Waals surface area contributed by atoms with Crippen LogP contribution in [0.4, 0.5) is 0 Å². The van der Waals surface area contributed by atoms with E-state index in [0.29, 0.717) is 9.86 Å². The summed E-state index contributed by atoms with van der Waals surface area (Å²) in [5.41, 5.74) is -0.423. The molecular formula is C10H7BrO3. The first-order valence-electron chi connectivity index (χ1n) is 4.05. The van der Waals surface area contributed by atoms with Gasteiger partial charge in [0.2, 0.25) is 0 Å². The van der Waals surface area contributed by atoms with E-state index in [1.807, 2.05) is 6.07 Å². The maximum Gasteiger partial charge on any atom is 0.343 e. The Hall–Kier alpha value is -1.13. The number of hydrogen-bond acceptors (Lipinski definition) is 3. The van der Waals surface area contributed by atoms with Crippen LogP contribution in [0.25, 0.3) is 10.8 Å². The van der Waals surface area contributed by atoms with Crippen molar-refractivity contribution in [1.82, 2.24) is 0 Å². The minimum absolute atomic E-state index is 0.258. The molecule has 4 heteroatoms. The predicted molar refractivity (Wildman–Crippen MR) is 56.1 cm³/mol. The molecule has 0 aliphatic carbocycles. The molecule has 1 heterocycles. The maximum absolute atomic E-state index is 11.4. The predicted octanol–water partition coefficient (Wildman–Crippen LogP) is 2.05. The quantitative estimate of drug-likeness (QED) is 0.848. The van der Waals surface area contributed by atoms with Crippen molar-refractivity contribution >= 4 is 26.7 Å². The number of aliphatic hydroxyl groups is 1. The standard InChI is InChI=1S/C10H7BrO3/c11-9-6-3-1-2-4-7(6)10(13)14-8(9)5-12/h1-4,12H,5H2. The van der Waals surface area contributed by atoms with Crippen molar-refractivity contribution in [1.29, 1.82) is 0 Å². The van der Waals surface area contributed by atoms with Crippen LogP contribution in [-0.2, 0) is 6.61 Å². The van der Waals surface area contributed by atoms with E-state index >= 15 is 0 Å². The summed E-state index contributed by atoms with van der Waals surface area (Å²) in [6.45, 7) is -0.291. The molecule has 0 aliphatic rings. The molecule has 14 heavy (non-hydrogen) atoms. The summed E-state index contributed by atoms with van der Waals surface area (Å²) in [4.78, 5) is 11.4. The summed E-state index contributed by atoms with van der Waals surface area (Å²) in [6, 6.07) is 7.08. The van der Waals surface area contributed by atoms with Crippen LogP contribution in [-0.4, -0.2) is 5.11 Å². The van der Waals surface area contributed by atoms with E-state index in [4.69, 9.17) is 9.52 Å². The van der Waals surface area contributed by atoms with Crippen molar-refractivity contribution in [2.45, 2.75) is 6.61 Å². The van der Waals surface area contributed by atoms with Gasteiger partial charge in [0.25, 0.3) is 0 Å². The highest BCUT2D eigenvalue weighted by atomic mass is 79.9. The molecule has 0 fully saturated rings. The monoisotopic (exact) mass is 254 g/mol. The first-order valence-corrected chi connectivity index (χ1v) is 4.84. The molecule has 0 aliphatic heterocycles. The summed E-state index contributed by atoms with van der Waals surface area (Å²) in [5.74, 6) is 0.258. The zero-order valence-corrected chi connectivity index (χ0v) is 8.74. The van der Waals surface area contributed by atoms with Crippen molar-refractivity contribution in [3.8, 4) is 0 Å². The van der Waals surface area contributed by atoms with Crippen LogP contribution < -0.4 is 5.63 Å². The van der Waals surface area contributed by atoms with E-state index < -0.39 is 5.63 Å². The number of benzene rings is 1. The largest absolute Gasteiger partial charge is 0.424 e. The summed E-state index contributed by atoms with van der Waals surface area (Å²) in [7, 11) is 0. The first kappa shape index (κ1) is 9.43. The molecule has 0 atom stereocenters. The molecule has 2 aromatic rings. The SMILES string of the molecule is O=c1oc(CO)c(Br)c2ccccc12. The van der Waals surface area contributed by atoms with Crippen LogP contribution in [0.15, 0.2) is 37.9 Å². The molecule has 1 aromatic heterocycles. The second-order valence-corrected chi connectivity index (χ2v) is 3.62. The molecule has 0 radical (unpaired) electrons. The highest BCUT2D eigenvalue weighted by Gasteiger charge is 2.09. The molecule has 0 bridgehead atoms. The average molecular weight is 255 g/mol. The second kappa shape index (κ2) is 3.55. The lowest BCUT2D eigenvalue weighted by molar-refractivity contribution is 0.239. The zero-order chi connectivity index (χ0) is 10.1. The average Bonchev–Trinajstić information content (AvgIpc) is 2.23. The fourth-order valence-corrected chi connectivity index (χ4v) is 1.87. The Kier molecular flexibility index (Phi) is 2.39. The van der Waals surface area contributed by atoms with Gasteiger partial charge in [0.1, 0.15) is 12.4 Å². The number of rotatable bonds is 1. The summed E-state index contributed by atoms with van der Waals surface area (Å²) in [6.07, 6.45) is 0. The zero-order valence-electron chi connectivity index (χ0n) is 7.16. The van der Waals surface area contributed by atoms with Gasteiger partial charge in [-0.15, -0.1) is 0 Å². The van der Waals surface area contributed by atoms with E-state index in [-0.39, 0.29) is 12.4 Å². The summed E-state index contributed by atoms with van der Waals surface area (Å²) < 4.78 is 5.55. The van der Waals surface area contributed by atoms with E-state index in [0.717, 1.165) is 5.39 Å². The van der Waals surface area contributed by atoms with Gasteiger partial charge in [-0.25, -0.2) is 4.79 Å². The van der Waals surface area contributed by atoms with Gasteiger partial charge in [-0.05, 0) is 22.0 Å². The van der Waals surface area contributed by atoms with Crippen LogP contribution in [0.3, 0.4) is 0 Å². The lowest BCUT2D eigenvalue weighted by atomic mass is 10.2. The van der Waals surface area contributed by atoms with Crippen molar-refractivity contribution in [3.63, 3.8) is 0 Å². The normalized spacial score (nSPS) is 10.7. The van der Waals surface area contributed by atoms with Gasteiger partial charge in [-0.2, -0.15) is 0 Å². The molecule has 0 saturated heterocycles. The molecule has 2 rings (SSSR count). The van der Waals surface area contributed by atoms with Gasteiger partial charge < -0.3 is 9.52 Å². The van der Waals surface area contributed by atoms with E-state index in [1.54, 1.807) is 18.2 Å². The highest BCUT2D eigenvalue weighted by Crippen LogP contribution is 2.24. The van der Waals surface area contributed by atoms with Crippen molar-refractivity contribution in [3.05, 3.63) is 44.9 Å². The minimum Gasteiger partial charge on any atom is -0.424 e. The molecule has 72 valence electrons. The summed E-state index contributed by atoms with van der Waals surface area (Å²) >= 11 is 3.28. The number of hydrogen-bond donors (Lipinski definition) is 1. The third kappa shape index (κ3) is 1.36. The lowest BCUT2D eigenvalue weighted by Crippen LogP contribution is -2.03.